The highest BCUT2D eigenvalue weighted by atomic mass is 79.9. The molecule has 16 heavy (non-hydrogen) atoms. The topological polar surface area (TPSA) is 65.2 Å². The molecular weight excluding hydrogens is 272 g/mol. The van der Waals surface area contributed by atoms with Gasteiger partial charge in [-0.15, -0.1) is 0 Å². The van der Waals surface area contributed by atoms with E-state index in [1.807, 2.05) is 12.1 Å². The number of aromatic nitrogens is 1. The Morgan fingerprint density at radius 1 is 1.62 bits per heavy atom. The molecule has 5 heteroatoms. The van der Waals surface area contributed by atoms with Gasteiger partial charge in [0.1, 0.15) is 5.54 Å². The fourth-order valence-electron chi connectivity index (χ4n) is 1.65. The van der Waals surface area contributed by atoms with Crippen LogP contribution in [0, 0.1) is 0 Å². The molecule has 1 saturated heterocycles. The van der Waals surface area contributed by atoms with Crippen LogP contribution in [0.4, 0.5) is 0 Å². The summed E-state index contributed by atoms with van der Waals surface area (Å²) in [5.41, 5.74) is 5.90. The second kappa shape index (κ2) is 4.61. The predicted octanol–water partition coefficient (Wildman–Crippen LogP) is 1.07. The molecule has 1 aliphatic rings. The Kier molecular flexibility index (Phi) is 3.37. The smallest absolute Gasteiger partial charge is 0.161 e. The van der Waals surface area contributed by atoms with Gasteiger partial charge >= 0.3 is 0 Å². The van der Waals surface area contributed by atoms with E-state index in [9.17, 15) is 4.79 Å². The minimum atomic E-state index is -0.811. The lowest BCUT2D eigenvalue weighted by Gasteiger charge is -2.19. The minimum Gasteiger partial charge on any atom is -0.379 e. The van der Waals surface area contributed by atoms with Crippen molar-refractivity contribution in [2.45, 2.75) is 18.4 Å². The molecule has 0 aliphatic carbocycles. The molecule has 0 saturated carbocycles. The van der Waals surface area contributed by atoms with Crippen LogP contribution in [0.15, 0.2) is 22.8 Å². The Morgan fingerprint density at radius 3 is 3.00 bits per heavy atom. The van der Waals surface area contributed by atoms with Crippen molar-refractivity contribution in [1.29, 1.82) is 0 Å². The van der Waals surface area contributed by atoms with Crippen molar-refractivity contribution in [3.05, 3.63) is 28.5 Å². The molecule has 2 rings (SSSR count). The summed E-state index contributed by atoms with van der Waals surface area (Å²) in [4.78, 5) is 16.1. The Hall–Kier alpha value is -0.780. The molecule has 1 fully saturated rings. The highest BCUT2D eigenvalue weighted by Gasteiger charge is 2.37. The van der Waals surface area contributed by atoms with Gasteiger partial charge in [-0.25, -0.2) is 0 Å². The highest BCUT2D eigenvalue weighted by Crippen LogP contribution is 2.18. The lowest BCUT2D eigenvalue weighted by Crippen LogP contribution is -2.49. The summed E-state index contributed by atoms with van der Waals surface area (Å²) in [5.74, 6) is -0.000164. The van der Waals surface area contributed by atoms with Crippen LogP contribution in [-0.4, -0.2) is 29.5 Å². The third kappa shape index (κ3) is 2.48. The number of pyridine rings is 1. The number of rotatable bonds is 3. The maximum Gasteiger partial charge on any atom is 0.161 e. The molecule has 1 aliphatic heterocycles. The van der Waals surface area contributed by atoms with Gasteiger partial charge in [0.05, 0.1) is 13.0 Å². The van der Waals surface area contributed by atoms with Gasteiger partial charge in [-0.05, 0) is 34.5 Å². The molecular formula is C11H13BrN2O2. The zero-order valence-electron chi connectivity index (χ0n) is 8.78. The first-order chi connectivity index (χ1) is 7.60. The van der Waals surface area contributed by atoms with Crippen molar-refractivity contribution in [3.63, 3.8) is 0 Å². The summed E-state index contributed by atoms with van der Waals surface area (Å²) < 4.78 is 6.06. The van der Waals surface area contributed by atoms with E-state index in [-0.39, 0.29) is 12.2 Å². The van der Waals surface area contributed by atoms with Gasteiger partial charge in [0, 0.05) is 23.0 Å². The van der Waals surface area contributed by atoms with Gasteiger partial charge in [0.15, 0.2) is 5.78 Å². The molecule has 0 radical (unpaired) electrons. The van der Waals surface area contributed by atoms with Crippen molar-refractivity contribution >= 4 is 21.7 Å². The molecule has 1 atom stereocenters. The lowest BCUT2D eigenvalue weighted by molar-refractivity contribution is -0.123. The maximum atomic E-state index is 12.0. The summed E-state index contributed by atoms with van der Waals surface area (Å²) >= 11 is 3.30. The van der Waals surface area contributed by atoms with E-state index in [4.69, 9.17) is 10.5 Å². The van der Waals surface area contributed by atoms with Gasteiger partial charge in [-0.2, -0.15) is 0 Å². The van der Waals surface area contributed by atoms with Crippen LogP contribution in [0.1, 0.15) is 12.1 Å². The number of nitrogens with two attached hydrogens (primary N) is 1. The van der Waals surface area contributed by atoms with Crippen molar-refractivity contribution in [1.82, 2.24) is 4.98 Å². The van der Waals surface area contributed by atoms with Crippen LogP contribution < -0.4 is 5.73 Å². The van der Waals surface area contributed by atoms with Gasteiger partial charge in [0.2, 0.25) is 0 Å². The Balaban J connectivity index is 2.04. The average Bonchev–Trinajstić information content (AvgIpc) is 2.70. The van der Waals surface area contributed by atoms with Crippen molar-refractivity contribution < 1.29 is 9.53 Å². The molecule has 1 unspecified atom stereocenters. The predicted molar refractivity (Wildman–Crippen MR) is 63.0 cm³/mol. The van der Waals surface area contributed by atoms with Gasteiger partial charge in [-0.1, -0.05) is 0 Å². The average molecular weight is 285 g/mol. The number of carbonyl (C=O) groups is 1. The number of halogens is 1. The van der Waals surface area contributed by atoms with E-state index >= 15 is 0 Å². The van der Waals surface area contributed by atoms with Crippen LogP contribution in [-0.2, 0) is 16.0 Å². The van der Waals surface area contributed by atoms with E-state index < -0.39 is 5.54 Å². The standard InChI is InChI=1S/C11H13BrN2O2/c12-8-1-2-9(14-6-8)5-10(15)11(13)3-4-16-7-11/h1-2,6H,3-5,7,13H2. The van der Waals surface area contributed by atoms with Crippen molar-refractivity contribution in [3.8, 4) is 0 Å². The number of hydrogen-bond donors (Lipinski definition) is 1. The summed E-state index contributed by atoms with van der Waals surface area (Å²) in [5, 5.41) is 0. The van der Waals surface area contributed by atoms with E-state index in [0.29, 0.717) is 19.6 Å². The van der Waals surface area contributed by atoms with E-state index in [1.165, 1.54) is 0 Å². The zero-order chi connectivity index (χ0) is 11.6. The number of hydrogen-bond acceptors (Lipinski definition) is 4. The molecule has 86 valence electrons. The van der Waals surface area contributed by atoms with Gasteiger partial charge < -0.3 is 10.5 Å². The first kappa shape index (κ1) is 11.7. The Labute approximate surface area is 102 Å². The summed E-state index contributed by atoms with van der Waals surface area (Å²) in [7, 11) is 0. The van der Waals surface area contributed by atoms with E-state index in [1.54, 1.807) is 6.20 Å². The SMILES string of the molecule is NC1(C(=O)Cc2ccc(Br)cn2)CCOC1. The molecule has 0 aromatic carbocycles. The van der Waals surface area contributed by atoms with E-state index in [2.05, 4.69) is 20.9 Å². The summed E-state index contributed by atoms with van der Waals surface area (Å²) in [6, 6.07) is 3.69. The van der Waals surface area contributed by atoms with Crippen LogP contribution in [0.25, 0.3) is 0 Å². The Morgan fingerprint density at radius 2 is 2.44 bits per heavy atom. The van der Waals surface area contributed by atoms with Gasteiger partial charge in [0.25, 0.3) is 0 Å². The fourth-order valence-corrected chi connectivity index (χ4v) is 1.89. The largest absolute Gasteiger partial charge is 0.379 e. The van der Waals surface area contributed by atoms with E-state index in [0.717, 1.165) is 10.2 Å². The number of ketones is 1. The second-order valence-corrected chi connectivity index (χ2v) is 4.94. The normalized spacial score (nSPS) is 24.6. The zero-order valence-corrected chi connectivity index (χ0v) is 10.4. The summed E-state index contributed by atoms with van der Waals surface area (Å²) in [6.07, 6.45) is 2.55. The fraction of sp³-hybridized carbons (Fsp3) is 0.455. The monoisotopic (exact) mass is 284 g/mol. The molecule has 1 aromatic heterocycles. The molecule has 2 N–H and O–H groups in total. The molecule has 0 bridgehead atoms. The lowest BCUT2D eigenvalue weighted by atomic mass is 9.91. The van der Waals surface area contributed by atoms with Crippen LogP contribution in [0.2, 0.25) is 0 Å². The van der Waals surface area contributed by atoms with Crippen LogP contribution in [0.5, 0.6) is 0 Å². The third-order valence-corrected chi connectivity index (χ3v) is 3.21. The molecule has 0 spiro atoms. The van der Waals surface area contributed by atoms with Crippen molar-refractivity contribution in [2.24, 2.45) is 5.73 Å². The Bertz CT molecular complexity index is 385. The number of ether oxygens (including phenoxy) is 1. The molecule has 0 amide bonds. The molecule has 1 aromatic rings. The highest BCUT2D eigenvalue weighted by molar-refractivity contribution is 9.10. The first-order valence-electron chi connectivity index (χ1n) is 5.10. The number of carbonyl (C=O) groups excluding carboxylic acids is 1. The van der Waals surface area contributed by atoms with Crippen molar-refractivity contribution in [2.75, 3.05) is 13.2 Å². The number of Topliss-reactive ketones (excluding diaryl/α,β-unsaturated/α-hetero) is 1. The molecule has 2 heterocycles. The second-order valence-electron chi connectivity index (χ2n) is 4.03. The quantitative estimate of drug-likeness (QED) is 0.902. The number of nitrogens with zero attached hydrogens (tertiary/aromatic N) is 1. The minimum absolute atomic E-state index is 0.000164. The van der Waals surface area contributed by atoms with Gasteiger partial charge in [-0.3, -0.25) is 9.78 Å². The summed E-state index contributed by atoms with van der Waals surface area (Å²) in [6.45, 7) is 0.887. The first-order valence-corrected chi connectivity index (χ1v) is 5.90. The maximum absolute atomic E-state index is 12.0. The van der Waals surface area contributed by atoms with Crippen LogP contribution in [0.3, 0.4) is 0 Å². The van der Waals surface area contributed by atoms with Crippen LogP contribution >= 0.6 is 15.9 Å². The molecule has 4 nitrogen and oxygen atoms in total. The third-order valence-electron chi connectivity index (χ3n) is 2.74.